The fourth-order valence-electron chi connectivity index (χ4n) is 2.28. The maximum absolute atomic E-state index is 12.2. The lowest BCUT2D eigenvalue weighted by molar-refractivity contribution is 0.0694. The van der Waals surface area contributed by atoms with Gasteiger partial charge in [-0.15, -0.1) is 0 Å². The van der Waals surface area contributed by atoms with Crippen molar-refractivity contribution in [1.29, 1.82) is 0 Å². The molecule has 21 heavy (non-hydrogen) atoms. The van der Waals surface area contributed by atoms with Crippen molar-refractivity contribution in [3.8, 4) is 0 Å². The number of benzene rings is 2. The number of aromatic carboxylic acids is 1. The van der Waals surface area contributed by atoms with Crippen LogP contribution in [0.15, 0.2) is 46.9 Å². The lowest BCUT2D eigenvalue weighted by atomic mass is 9.95. The molecule has 4 heteroatoms. The number of hydrogen-bond acceptors (Lipinski definition) is 2. The van der Waals surface area contributed by atoms with Crippen molar-refractivity contribution < 1.29 is 14.7 Å². The van der Waals surface area contributed by atoms with E-state index in [9.17, 15) is 14.7 Å². The van der Waals surface area contributed by atoms with Gasteiger partial charge in [-0.05, 0) is 42.7 Å². The summed E-state index contributed by atoms with van der Waals surface area (Å²) < 4.78 is 0.857. The van der Waals surface area contributed by atoms with Crippen LogP contribution in [0.5, 0.6) is 0 Å². The SMILES string of the molecule is Cc1cccc(C(=O)O)c1CCC(=O)c1cccc(Br)c1. The zero-order valence-electron chi connectivity index (χ0n) is 11.6. The lowest BCUT2D eigenvalue weighted by Gasteiger charge is -2.09. The molecule has 0 aromatic heterocycles. The predicted octanol–water partition coefficient (Wildman–Crippen LogP) is 4.27. The largest absolute Gasteiger partial charge is 0.478 e. The van der Waals surface area contributed by atoms with Crippen molar-refractivity contribution in [2.45, 2.75) is 19.8 Å². The van der Waals surface area contributed by atoms with Crippen molar-refractivity contribution in [1.82, 2.24) is 0 Å². The molecule has 2 aromatic carbocycles. The van der Waals surface area contributed by atoms with E-state index in [-0.39, 0.29) is 11.3 Å². The summed E-state index contributed by atoms with van der Waals surface area (Å²) in [6.07, 6.45) is 0.723. The maximum Gasteiger partial charge on any atom is 0.335 e. The van der Waals surface area contributed by atoms with Gasteiger partial charge in [-0.3, -0.25) is 4.79 Å². The Morgan fingerprint density at radius 2 is 1.86 bits per heavy atom. The van der Waals surface area contributed by atoms with Crippen LogP contribution in [0, 0.1) is 6.92 Å². The number of ketones is 1. The standard InChI is InChI=1S/C17H15BrO3/c1-11-4-2-7-15(17(20)21)14(11)8-9-16(19)12-5-3-6-13(18)10-12/h2-7,10H,8-9H2,1H3,(H,20,21). The molecular weight excluding hydrogens is 332 g/mol. The topological polar surface area (TPSA) is 54.4 Å². The smallest absolute Gasteiger partial charge is 0.335 e. The van der Waals surface area contributed by atoms with E-state index in [1.807, 2.05) is 25.1 Å². The number of halogens is 1. The van der Waals surface area contributed by atoms with Gasteiger partial charge in [0.2, 0.25) is 0 Å². The van der Waals surface area contributed by atoms with Gasteiger partial charge in [0.25, 0.3) is 0 Å². The number of carbonyl (C=O) groups excluding carboxylic acids is 1. The van der Waals surface area contributed by atoms with Crippen molar-refractivity contribution in [2.24, 2.45) is 0 Å². The Balaban J connectivity index is 2.17. The summed E-state index contributed by atoms with van der Waals surface area (Å²) in [6.45, 7) is 1.87. The van der Waals surface area contributed by atoms with Gasteiger partial charge in [0, 0.05) is 16.5 Å². The molecule has 3 nitrogen and oxygen atoms in total. The van der Waals surface area contributed by atoms with E-state index in [4.69, 9.17) is 0 Å². The molecule has 0 aliphatic carbocycles. The molecule has 0 unspecified atom stereocenters. The molecule has 1 N–H and O–H groups in total. The Kier molecular flexibility index (Phi) is 4.91. The minimum atomic E-state index is -0.955. The highest BCUT2D eigenvalue weighted by Crippen LogP contribution is 2.19. The summed E-state index contributed by atoms with van der Waals surface area (Å²) in [5.41, 5.74) is 2.54. The van der Waals surface area contributed by atoms with Crippen molar-refractivity contribution in [3.63, 3.8) is 0 Å². The first kappa shape index (κ1) is 15.4. The third-order valence-corrected chi connectivity index (χ3v) is 3.88. The molecule has 0 heterocycles. The molecule has 108 valence electrons. The van der Waals surface area contributed by atoms with E-state index < -0.39 is 5.97 Å². The second kappa shape index (κ2) is 6.68. The Labute approximate surface area is 131 Å². The van der Waals surface area contributed by atoms with Crippen LogP contribution in [0.3, 0.4) is 0 Å². The van der Waals surface area contributed by atoms with Gasteiger partial charge in [0.1, 0.15) is 0 Å². The summed E-state index contributed by atoms with van der Waals surface area (Å²) in [6, 6.07) is 12.4. The van der Waals surface area contributed by atoms with Gasteiger partial charge < -0.3 is 5.11 Å². The van der Waals surface area contributed by atoms with Crippen LogP contribution in [0.2, 0.25) is 0 Å². The Bertz CT molecular complexity index is 692. The number of Topliss-reactive ketones (excluding diaryl/α,β-unsaturated/α-hetero) is 1. The van der Waals surface area contributed by atoms with Crippen LogP contribution >= 0.6 is 15.9 Å². The number of carboxylic acids is 1. The Morgan fingerprint density at radius 1 is 1.14 bits per heavy atom. The van der Waals surface area contributed by atoms with Crippen molar-refractivity contribution in [2.75, 3.05) is 0 Å². The highest BCUT2D eigenvalue weighted by molar-refractivity contribution is 9.10. The maximum atomic E-state index is 12.2. The van der Waals surface area contributed by atoms with Gasteiger partial charge in [-0.25, -0.2) is 4.79 Å². The molecule has 0 aliphatic heterocycles. The molecule has 0 spiro atoms. The van der Waals surface area contributed by atoms with E-state index in [2.05, 4.69) is 15.9 Å². The average molecular weight is 347 g/mol. The van der Waals surface area contributed by atoms with Gasteiger partial charge in [-0.2, -0.15) is 0 Å². The van der Waals surface area contributed by atoms with E-state index >= 15 is 0 Å². The normalized spacial score (nSPS) is 10.4. The third kappa shape index (κ3) is 3.79. The molecule has 0 saturated heterocycles. The molecule has 0 fully saturated rings. The average Bonchev–Trinajstić information content (AvgIpc) is 2.45. The zero-order chi connectivity index (χ0) is 15.4. The van der Waals surface area contributed by atoms with Gasteiger partial charge >= 0.3 is 5.97 Å². The molecule has 2 aromatic rings. The zero-order valence-corrected chi connectivity index (χ0v) is 13.2. The lowest BCUT2D eigenvalue weighted by Crippen LogP contribution is -2.07. The number of hydrogen-bond donors (Lipinski definition) is 1. The summed E-state index contributed by atoms with van der Waals surface area (Å²) in [7, 11) is 0. The second-order valence-electron chi connectivity index (χ2n) is 4.84. The van der Waals surface area contributed by atoms with Gasteiger partial charge in [0.05, 0.1) is 5.56 Å². The first-order chi connectivity index (χ1) is 9.99. The minimum absolute atomic E-state index is 0.0101. The summed E-state index contributed by atoms with van der Waals surface area (Å²) in [5, 5.41) is 9.22. The summed E-state index contributed by atoms with van der Waals surface area (Å²) in [5.74, 6) is -0.945. The van der Waals surface area contributed by atoms with E-state index in [0.717, 1.165) is 15.6 Å². The van der Waals surface area contributed by atoms with E-state index in [1.54, 1.807) is 24.3 Å². The van der Waals surface area contributed by atoms with Crippen LogP contribution in [-0.2, 0) is 6.42 Å². The molecule has 0 atom stereocenters. The third-order valence-electron chi connectivity index (χ3n) is 3.39. The molecule has 2 rings (SSSR count). The van der Waals surface area contributed by atoms with Crippen LogP contribution < -0.4 is 0 Å². The molecule has 0 saturated carbocycles. The molecule has 0 aliphatic rings. The van der Waals surface area contributed by atoms with E-state index in [1.165, 1.54) is 0 Å². The Hall–Kier alpha value is -1.94. The number of rotatable bonds is 5. The van der Waals surface area contributed by atoms with Crippen LogP contribution in [0.4, 0.5) is 0 Å². The summed E-state index contributed by atoms with van der Waals surface area (Å²) >= 11 is 3.34. The minimum Gasteiger partial charge on any atom is -0.478 e. The van der Waals surface area contributed by atoms with Crippen molar-refractivity contribution in [3.05, 3.63) is 69.2 Å². The number of carbonyl (C=O) groups is 2. The second-order valence-corrected chi connectivity index (χ2v) is 5.76. The van der Waals surface area contributed by atoms with Crippen LogP contribution in [-0.4, -0.2) is 16.9 Å². The molecule has 0 radical (unpaired) electrons. The predicted molar refractivity (Wildman–Crippen MR) is 84.9 cm³/mol. The highest BCUT2D eigenvalue weighted by Gasteiger charge is 2.14. The first-order valence-electron chi connectivity index (χ1n) is 6.59. The molecule has 0 bridgehead atoms. The highest BCUT2D eigenvalue weighted by atomic mass is 79.9. The van der Waals surface area contributed by atoms with E-state index in [0.29, 0.717) is 18.4 Å². The molecule has 0 amide bonds. The monoisotopic (exact) mass is 346 g/mol. The van der Waals surface area contributed by atoms with Crippen LogP contribution in [0.25, 0.3) is 0 Å². The van der Waals surface area contributed by atoms with Crippen LogP contribution in [0.1, 0.15) is 38.3 Å². The fraction of sp³-hybridized carbons (Fsp3) is 0.176. The number of aryl methyl sites for hydroxylation is 1. The number of carboxylic acid groups (broad SMARTS) is 1. The molecular formula is C17H15BrO3. The van der Waals surface area contributed by atoms with Crippen molar-refractivity contribution >= 4 is 27.7 Å². The van der Waals surface area contributed by atoms with Gasteiger partial charge in [-0.1, -0.05) is 40.2 Å². The van der Waals surface area contributed by atoms with Gasteiger partial charge in [0.15, 0.2) is 5.78 Å². The summed E-state index contributed by atoms with van der Waals surface area (Å²) in [4.78, 5) is 23.4. The quantitative estimate of drug-likeness (QED) is 0.822. The fourth-order valence-corrected chi connectivity index (χ4v) is 2.68. The first-order valence-corrected chi connectivity index (χ1v) is 7.39. The Morgan fingerprint density at radius 3 is 2.52 bits per heavy atom.